The van der Waals surface area contributed by atoms with Gasteiger partial charge in [-0.2, -0.15) is 0 Å². The molecule has 1 amide bonds. The van der Waals surface area contributed by atoms with E-state index >= 15 is 0 Å². The van der Waals surface area contributed by atoms with Gasteiger partial charge in [-0.1, -0.05) is 20.8 Å². The van der Waals surface area contributed by atoms with Gasteiger partial charge in [0.2, 0.25) is 0 Å². The van der Waals surface area contributed by atoms with Gasteiger partial charge in [0.25, 0.3) is 5.91 Å². The lowest BCUT2D eigenvalue weighted by Gasteiger charge is -2.36. The number of hydrogen-bond donors (Lipinski definition) is 2. The van der Waals surface area contributed by atoms with Crippen LogP contribution in [0.15, 0.2) is 18.2 Å². The van der Waals surface area contributed by atoms with Gasteiger partial charge >= 0.3 is 0 Å². The zero-order chi connectivity index (χ0) is 18.6. The Labute approximate surface area is 174 Å². The molecule has 1 aliphatic heterocycles. The normalized spacial score (nSPS) is 16.9. The Morgan fingerprint density at radius 1 is 1.26 bits per heavy atom. The van der Waals surface area contributed by atoms with Crippen molar-refractivity contribution in [2.45, 2.75) is 33.2 Å². The van der Waals surface area contributed by atoms with E-state index in [2.05, 4.69) is 17.1 Å². The molecular formula is C19H33Cl2FN4O. The Morgan fingerprint density at radius 2 is 1.85 bits per heavy atom. The molecular weight excluding hydrogens is 390 g/mol. The number of nitrogens with two attached hydrogens (primary N) is 1. The number of nitrogens with one attached hydrogen (secondary N) is 1. The maximum atomic E-state index is 14.6. The Morgan fingerprint density at radius 3 is 2.30 bits per heavy atom. The second kappa shape index (κ2) is 11.1. The average Bonchev–Trinajstić information content (AvgIpc) is 2.61. The molecule has 0 aromatic heterocycles. The monoisotopic (exact) mass is 422 g/mol. The Kier molecular flexibility index (Phi) is 10.6. The molecule has 1 heterocycles. The van der Waals surface area contributed by atoms with Gasteiger partial charge in [-0.3, -0.25) is 4.79 Å². The summed E-state index contributed by atoms with van der Waals surface area (Å²) in [6, 6.07) is 4.73. The quantitative estimate of drug-likeness (QED) is 0.739. The van der Waals surface area contributed by atoms with E-state index in [1.807, 2.05) is 25.7 Å². The van der Waals surface area contributed by atoms with Crippen molar-refractivity contribution in [2.24, 2.45) is 11.7 Å². The van der Waals surface area contributed by atoms with Gasteiger partial charge < -0.3 is 20.9 Å². The number of anilines is 1. The summed E-state index contributed by atoms with van der Waals surface area (Å²) in [7, 11) is 0. The second-order valence-electron chi connectivity index (χ2n) is 7.32. The van der Waals surface area contributed by atoms with Crippen molar-refractivity contribution in [3.05, 3.63) is 29.6 Å². The van der Waals surface area contributed by atoms with Crippen LogP contribution in [0.1, 0.15) is 38.1 Å². The van der Waals surface area contributed by atoms with Crippen LogP contribution in [0.3, 0.4) is 0 Å². The highest BCUT2D eigenvalue weighted by molar-refractivity contribution is 5.95. The molecule has 27 heavy (non-hydrogen) atoms. The van der Waals surface area contributed by atoms with Crippen LogP contribution in [-0.2, 0) is 0 Å². The molecule has 0 saturated carbocycles. The van der Waals surface area contributed by atoms with Gasteiger partial charge in [0.05, 0.1) is 11.2 Å². The number of carbonyl (C=O) groups is 1. The SMILES string of the molecule is CCN1CCN(c2ccc(C(=O)NC(C)(CN)C(C)C)cc2F)CC1.Cl.Cl. The van der Waals surface area contributed by atoms with Gasteiger partial charge in [-0.05, 0) is 37.6 Å². The zero-order valence-corrected chi connectivity index (χ0v) is 18.3. The third kappa shape index (κ3) is 6.21. The van der Waals surface area contributed by atoms with E-state index in [4.69, 9.17) is 5.73 Å². The zero-order valence-electron chi connectivity index (χ0n) is 16.6. The molecule has 8 heteroatoms. The number of rotatable bonds is 6. The van der Waals surface area contributed by atoms with E-state index in [1.54, 1.807) is 12.1 Å². The number of hydrogen-bond acceptors (Lipinski definition) is 4. The summed E-state index contributed by atoms with van der Waals surface area (Å²) in [6.45, 7) is 12.9. The fourth-order valence-electron chi connectivity index (χ4n) is 2.97. The van der Waals surface area contributed by atoms with Gasteiger partial charge in [0.15, 0.2) is 0 Å². The highest BCUT2D eigenvalue weighted by Gasteiger charge is 2.29. The molecule has 156 valence electrons. The number of nitrogens with zero attached hydrogens (tertiary/aromatic N) is 2. The highest BCUT2D eigenvalue weighted by atomic mass is 35.5. The molecule has 1 aromatic carbocycles. The van der Waals surface area contributed by atoms with Crippen molar-refractivity contribution in [1.82, 2.24) is 10.2 Å². The lowest BCUT2D eigenvalue weighted by Crippen LogP contribution is -2.55. The Bertz CT molecular complexity index is 609. The molecule has 1 aromatic rings. The molecule has 0 spiro atoms. The maximum absolute atomic E-state index is 14.6. The molecule has 0 bridgehead atoms. The van der Waals surface area contributed by atoms with Crippen LogP contribution in [0.5, 0.6) is 0 Å². The van der Waals surface area contributed by atoms with Crippen molar-refractivity contribution in [1.29, 1.82) is 0 Å². The smallest absolute Gasteiger partial charge is 0.251 e. The molecule has 0 aliphatic carbocycles. The van der Waals surface area contributed by atoms with E-state index < -0.39 is 5.54 Å². The van der Waals surface area contributed by atoms with Crippen molar-refractivity contribution in [3.63, 3.8) is 0 Å². The van der Waals surface area contributed by atoms with E-state index in [-0.39, 0.29) is 42.5 Å². The molecule has 3 N–H and O–H groups in total. The summed E-state index contributed by atoms with van der Waals surface area (Å²) in [4.78, 5) is 16.9. The second-order valence-corrected chi connectivity index (χ2v) is 7.32. The Hall–Kier alpha value is -1.08. The van der Waals surface area contributed by atoms with Crippen LogP contribution < -0.4 is 16.0 Å². The summed E-state index contributed by atoms with van der Waals surface area (Å²) >= 11 is 0. The fourth-order valence-corrected chi connectivity index (χ4v) is 2.97. The van der Waals surface area contributed by atoms with Crippen LogP contribution in [0.2, 0.25) is 0 Å². The third-order valence-corrected chi connectivity index (χ3v) is 5.47. The van der Waals surface area contributed by atoms with Crippen LogP contribution in [-0.4, -0.2) is 55.6 Å². The van der Waals surface area contributed by atoms with Crippen LogP contribution in [0, 0.1) is 11.7 Å². The minimum absolute atomic E-state index is 0. The first kappa shape index (κ1) is 25.9. The average molecular weight is 423 g/mol. The van der Waals surface area contributed by atoms with Crippen LogP contribution >= 0.6 is 24.8 Å². The number of benzene rings is 1. The van der Waals surface area contributed by atoms with Crippen molar-refractivity contribution >= 4 is 36.4 Å². The summed E-state index contributed by atoms with van der Waals surface area (Å²) in [5, 5.41) is 2.95. The fraction of sp³-hybridized carbons (Fsp3) is 0.632. The first-order valence-corrected chi connectivity index (χ1v) is 9.10. The lowest BCUT2D eigenvalue weighted by atomic mass is 9.88. The number of likely N-dealkylation sites (N-methyl/N-ethyl adjacent to an activating group) is 1. The molecule has 2 rings (SSSR count). The summed E-state index contributed by atoms with van der Waals surface area (Å²) in [5.74, 6) is -0.458. The van der Waals surface area contributed by atoms with Gasteiger partial charge in [-0.15, -0.1) is 24.8 Å². The Balaban J connectivity index is 0.00000338. The van der Waals surface area contributed by atoms with E-state index in [0.29, 0.717) is 17.8 Å². The highest BCUT2D eigenvalue weighted by Crippen LogP contribution is 2.23. The summed E-state index contributed by atoms with van der Waals surface area (Å²) < 4.78 is 14.6. The van der Waals surface area contributed by atoms with Gasteiger partial charge in [0.1, 0.15) is 5.82 Å². The number of piperazine rings is 1. The summed E-state index contributed by atoms with van der Waals surface area (Å²) in [5.41, 5.74) is 6.19. The van der Waals surface area contributed by atoms with Crippen molar-refractivity contribution < 1.29 is 9.18 Å². The van der Waals surface area contributed by atoms with E-state index in [9.17, 15) is 9.18 Å². The number of halogens is 3. The minimum atomic E-state index is -0.511. The standard InChI is InChI=1S/C19H31FN4O.2ClH/c1-5-23-8-10-24(11-9-23)17-7-6-15(12-16(17)20)18(25)22-19(4,13-21)14(2)3;;/h6-7,12,14H,5,8-11,13,21H2,1-4H3,(H,22,25);2*1H. The first-order chi connectivity index (χ1) is 11.8. The molecule has 1 saturated heterocycles. The minimum Gasteiger partial charge on any atom is -0.367 e. The molecule has 1 unspecified atom stereocenters. The van der Waals surface area contributed by atoms with Crippen LogP contribution in [0.25, 0.3) is 0 Å². The largest absolute Gasteiger partial charge is 0.367 e. The van der Waals surface area contributed by atoms with E-state index in [0.717, 1.165) is 32.7 Å². The van der Waals surface area contributed by atoms with E-state index in [1.165, 1.54) is 6.07 Å². The van der Waals surface area contributed by atoms with Gasteiger partial charge in [0, 0.05) is 38.3 Å². The van der Waals surface area contributed by atoms with Crippen LogP contribution in [0.4, 0.5) is 10.1 Å². The molecule has 5 nitrogen and oxygen atoms in total. The first-order valence-electron chi connectivity index (χ1n) is 9.10. The maximum Gasteiger partial charge on any atom is 0.251 e. The number of carbonyl (C=O) groups excluding carboxylic acids is 1. The molecule has 1 atom stereocenters. The van der Waals surface area contributed by atoms with Crippen molar-refractivity contribution in [2.75, 3.05) is 44.2 Å². The number of amides is 1. The van der Waals surface area contributed by atoms with Gasteiger partial charge in [-0.25, -0.2) is 4.39 Å². The predicted octanol–water partition coefficient (Wildman–Crippen LogP) is 2.91. The third-order valence-electron chi connectivity index (χ3n) is 5.47. The molecule has 1 aliphatic rings. The summed E-state index contributed by atoms with van der Waals surface area (Å²) in [6.07, 6.45) is 0. The molecule has 0 radical (unpaired) electrons. The lowest BCUT2D eigenvalue weighted by molar-refractivity contribution is 0.0883. The predicted molar refractivity (Wildman–Crippen MR) is 115 cm³/mol. The molecule has 1 fully saturated rings. The topological polar surface area (TPSA) is 61.6 Å². The van der Waals surface area contributed by atoms with Crippen molar-refractivity contribution in [3.8, 4) is 0 Å².